The molecule has 6 nitrogen and oxygen atoms in total. The largest absolute Gasteiger partial charge is 0.497 e. The zero-order valence-electron chi connectivity index (χ0n) is 12.0. The molecule has 0 bridgehead atoms. The number of carboxylic acids is 1. The van der Waals surface area contributed by atoms with Gasteiger partial charge in [0.15, 0.2) is 0 Å². The second-order valence-corrected chi connectivity index (χ2v) is 4.38. The number of benzene rings is 1. The van der Waals surface area contributed by atoms with Crippen LogP contribution in [-0.4, -0.2) is 30.3 Å². The van der Waals surface area contributed by atoms with Crippen LogP contribution in [0.2, 0.25) is 0 Å². The van der Waals surface area contributed by atoms with Crippen molar-refractivity contribution in [3.8, 4) is 11.5 Å². The van der Waals surface area contributed by atoms with Crippen LogP contribution in [0.5, 0.6) is 11.5 Å². The highest BCUT2D eigenvalue weighted by molar-refractivity contribution is 5.89. The van der Waals surface area contributed by atoms with Gasteiger partial charge < -0.3 is 19.9 Å². The van der Waals surface area contributed by atoms with E-state index in [-0.39, 0.29) is 5.56 Å². The average Bonchev–Trinajstić information content (AvgIpc) is 2.46. The van der Waals surface area contributed by atoms with Gasteiger partial charge in [0.2, 0.25) is 0 Å². The van der Waals surface area contributed by atoms with Crippen molar-refractivity contribution in [2.24, 2.45) is 0 Å². The number of hydrogen-bond acceptors (Lipinski definition) is 5. The SMILES string of the molecule is COc1ccc(OC)c(Nc2cc(C(=O)O)cc(C)n2)c1. The molecule has 21 heavy (non-hydrogen) atoms. The summed E-state index contributed by atoms with van der Waals surface area (Å²) in [6.45, 7) is 1.74. The first-order valence-electron chi connectivity index (χ1n) is 6.24. The van der Waals surface area contributed by atoms with Gasteiger partial charge in [-0.2, -0.15) is 0 Å². The Balaban J connectivity index is 2.39. The first-order valence-corrected chi connectivity index (χ1v) is 6.24. The van der Waals surface area contributed by atoms with Crippen molar-refractivity contribution in [1.29, 1.82) is 0 Å². The van der Waals surface area contributed by atoms with Crippen LogP contribution >= 0.6 is 0 Å². The van der Waals surface area contributed by atoms with E-state index in [0.29, 0.717) is 28.7 Å². The molecule has 0 saturated heterocycles. The van der Waals surface area contributed by atoms with Gasteiger partial charge in [-0.1, -0.05) is 0 Å². The molecule has 0 aliphatic heterocycles. The molecule has 0 atom stereocenters. The van der Waals surface area contributed by atoms with Crippen LogP contribution in [0, 0.1) is 6.92 Å². The molecule has 1 aromatic heterocycles. The number of hydrogen-bond donors (Lipinski definition) is 2. The van der Waals surface area contributed by atoms with Crippen LogP contribution in [0.4, 0.5) is 11.5 Å². The van der Waals surface area contributed by atoms with E-state index in [1.165, 1.54) is 12.1 Å². The van der Waals surface area contributed by atoms with Gasteiger partial charge in [0, 0.05) is 11.8 Å². The summed E-state index contributed by atoms with van der Waals surface area (Å²) in [6.07, 6.45) is 0. The molecule has 2 N–H and O–H groups in total. The van der Waals surface area contributed by atoms with E-state index in [4.69, 9.17) is 14.6 Å². The van der Waals surface area contributed by atoms with E-state index in [0.717, 1.165) is 0 Å². The number of pyridine rings is 1. The number of methoxy groups -OCH3 is 2. The minimum absolute atomic E-state index is 0.173. The molecule has 6 heteroatoms. The van der Waals surface area contributed by atoms with Crippen molar-refractivity contribution in [3.05, 3.63) is 41.6 Å². The topological polar surface area (TPSA) is 80.7 Å². The Labute approximate surface area is 122 Å². The summed E-state index contributed by atoms with van der Waals surface area (Å²) in [5.74, 6) is 0.695. The molecular weight excluding hydrogens is 272 g/mol. The Kier molecular flexibility index (Phi) is 4.27. The highest BCUT2D eigenvalue weighted by Crippen LogP contribution is 2.31. The summed E-state index contributed by atoms with van der Waals surface area (Å²) in [6, 6.07) is 8.26. The Morgan fingerprint density at radius 1 is 1.19 bits per heavy atom. The number of anilines is 2. The van der Waals surface area contributed by atoms with Gasteiger partial charge in [0.1, 0.15) is 17.3 Å². The van der Waals surface area contributed by atoms with Crippen LogP contribution in [0.3, 0.4) is 0 Å². The van der Waals surface area contributed by atoms with Crippen molar-refractivity contribution >= 4 is 17.5 Å². The molecule has 1 aromatic carbocycles. The summed E-state index contributed by atoms with van der Waals surface area (Å²) < 4.78 is 10.4. The van der Waals surface area contributed by atoms with Gasteiger partial charge in [-0.3, -0.25) is 0 Å². The summed E-state index contributed by atoms with van der Waals surface area (Å²) >= 11 is 0. The van der Waals surface area contributed by atoms with Gasteiger partial charge >= 0.3 is 5.97 Å². The van der Waals surface area contributed by atoms with E-state index in [2.05, 4.69) is 10.3 Å². The quantitative estimate of drug-likeness (QED) is 0.880. The van der Waals surface area contributed by atoms with Crippen LogP contribution in [-0.2, 0) is 0 Å². The number of nitrogens with one attached hydrogen (secondary N) is 1. The van der Waals surface area contributed by atoms with Gasteiger partial charge in [-0.15, -0.1) is 0 Å². The Hall–Kier alpha value is -2.76. The van der Waals surface area contributed by atoms with Crippen molar-refractivity contribution in [2.45, 2.75) is 6.92 Å². The number of aromatic nitrogens is 1. The molecule has 2 aromatic rings. The number of ether oxygens (including phenoxy) is 2. The van der Waals surface area contributed by atoms with Gasteiger partial charge in [0.05, 0.1) is 25.5 Å². The summed E-state index contributed by atoms with van der Waals surface area (Å²) in [5, 5.41) is 12.1. The first-order chi connectivity index (χ1) is 10.0. The molecule has 2 rings (SSSR count). The molecule has 0 aliphatic carbocycles. The average molecular weight is 288 g/mol. The predicted molar refractivity (Wildman–Crippen MR) is 78.8 cm³/mol. The number of nitrogens with zero attached hydrogens (tertiary/aromatic N) is 1. The van der Waals surface area contributed by atoms with E-state index < -0.39 is 5.97 Å². The summed E-state index contributed by atoms with van der Waals surface area (Å²) in [4.78, 5) is 15.4. The lowest BCUT2D eigenvalue weighted by molar-refractivity contribution is 0.0696. The Morgan fingerprint density at radius 3 is 2.57 bits per heavy atom. The second kappa shape index (κ2) is 6.13. The van der Waals surface area contributed by atoms with Gasteiger partial charge in [-0.25, -0.2) is 9.78 Å². The molecule has 0 fully saturated rings. The monoisotopic (exact) mass is 288 g/mol. The lowest BCUT2D eigenvalue weighted by Gasteiger charge is -2.13. The number of rotatable bonds is 5. The number of aromatic carboxylic acids is 1. The third kappa shape index (κ3) is 3.42. The standard InChI is InChI=1S/C15H16N2O4/c1-9-6-10(15(18)19)7-14(16-9)17-12-8-11(20-2)4-5-13(12)21-3/h4-8H,1-3H3,(H,16,17)(H,18,19). The molecule has 0 unspecified atom stereocenters. The lowest BCUT2D eigenvalue weighted by Crippen LogP contribution is -2.03. The minimum atomic E-state index is -0.999. The molecular formula is C15H16N2O4. The fourth-order valence-electron chi connectivity index (χ4n) is 1.91. The zero-order chi connectivity index (χ0) is 15.4. The van der Waals surface area contributed by atoms with Crippen LogP contribution in [0.15, 0.2) is 30.3 Å². The molecule has 0 spiro atoms. The van der Waals surface area contributed by atoms with Crippen molar-refractivity contribution in [2.75, 3.05) is 19.5 Å². The smallest absolute Gasteiger partial charge is 0.335 e. The maximum Gasteiger partial charge on any atom is 0.335 e. The Bertz CT molecular complexity index is 671. The highest BCUT2D eigenvalue weighted by Gasteiger charge is 2.10. The number of aryl methyl sites for hydroxylation is 1. The van der Waals surface area contributed by atoms with E-state index in [1.54, 1.807) is 39.3 Å². The maximum absolute atomic E-state index is 11.1. The summed E-state index contributed by atoms with van der Waals surface area (Å²) in [7, 11) is 3.12. The predicted octanol–water partition coefficient (Wildman–Crippen LogP) is 2.85. The zero-order valence-corrected chi connectivity index (χ0v) is 12.0. The van der Waals surface area contributed by atoms with Gasteiger partial charge in [-0.05, 0) is 31.2 Å². The Morgan fingerprint density at radius 2 is 1.95 bits per heavy atom. The molecule has 1 heterocycles. The van der Waals surface area contributed by atoms with Crippen LogP contribution in [0.1, 0.15) is 16.1 Å². The third-order valence-corrected chi connectivity index (χ3v) is 2.87. The fourth-order valence-corrected chi connectivity index (χ4v) is 1.91. The molecule has 0 radical (unpaired) electrons. The van der Waals surface area contributed by atoms with E-state index in [1.807, 2.05) is 0 Å². The number of carboxylic acid groups (broad SMARTS) is 1. The third-order valence-electron chi connectivity index (χ3n) is 2.87. The lowest BCUT2D eigenvalue weighted by atomic mass is 10.2. The summed E-state index contributed by atoms with van der Waals surface area (Å²) in [5.41, 5.74) is 1.43. The molecule has 0 aliphatic rings. The van der Waals surface area contributed by atoms with E-state index >= 15 is 0 Å². The second-order valence-electron chi connectivity index (χ2n) is 4.38. The maximum atomic E-state index is 11.1. The van der Waals surface area contributed by atoms with Crippen molar-refractivity contribution in [1.82, 2.24) is 4.98 Å². The highest BCUT2D eigenvalue weighted by atomic mass is 16.5. The van der Waals surface area contributed by atoms with Crippen LogP contribution < -0.4 is 14.8 Å². The molecule has 110 valence electrons. The normalized spacial score (nSPS) is 10.0. The number of carbonyl (C=O) groups is 1. The van der Waals surface area contributed by atoms with Crippen molar-refractivity contribution in [3.63, 3.8) is 0 Å². The van der Waals surface area contributed by atoms with Crippen molar-refractivity contribution < 1.29 is 19.4 Å². The molecule has 0 amide bonds. The fraction of sp³-hybridized carbons (Fsp3) is 0.200. The minimum Gasteiger partial charge on any atom is -0.497 e. The van der Waals surface area contributed by atoms with E-state index in [9.17, 15) is 4.79 Å². The first kappa shape index (κ1) is 14.6. The van der Waals surface area contributed by atoms with Crippen LogP contribution in [0.25, 0.3) is 0 Å². The molecule has 0 saturated carbocycles. The van der Waals surface area contributed by atoms with Gasteiger partial charge in [0.25, 0.3) is 0 Å².